The van der Waals surface area contributed by atoms with Crippen molar-refractivity contribution >= 4 is 27.6 Å². The van der Waals surface area contributed by atoms with Crippen molar-refractivity contribution < 1.29 is 19.6 Å². The van der Waals surface area contributed by atoms with Crippen LogP contribution in [0, 0.1) is 10.1 Å². The molecule has 0 bridgehead atoms. The Hall–Kier alpha value is -2.55. The molecule has 0 radical (unpaired) electrons. The molecule has 9 heteroatoms. The first kappa shape index (κ1) is 14.9. The second-order valence-electron chi connectivity index (χ2n) is 3.91. The van der Waals surface area contributed by atoms with Crippen molar-refractivity contribution in [3.63, 3.8) is 0 Å². The fraction of sp³-hybridized carbons (Fsp3) is 0.0833. The minimum Gasteiger partial charge on any atom is -0.481 e. The molecule has 0 aliphatic carbocycles. The van der Waals surface area contributed by atoms with Crippen LogP contribution in [0.25, 0.3) is 0 Å². The second kappa shape index (κ2) is 6.27. The smallest absolute Gasteiger partial charge is 0.322 e. The van der Waals surface area contributed by atoms with E-state index in [2.05, 4.69) is 25.9 Å². The summed E-state index contributed by atoms with van der Waals surface area (Å²) in [6.45, 7) is 0. The van der Waals surface area contributed by atoms with Gasteiger partial charge < -0.3 is 9.84 Å². The van der Waals surface area contributed by atoms with Crippen LogP contribution < -0.4 is 4.74 Å². The summed E-state index contributed by atoms with van der Waals surface area (Å²) >= 11 is 3.24. The van der Waals surface area contributed by atoms with Crippen molar-refractivity contribution in [3.05, 3.63) is 50.7 Å². The molecule has 0 amide bonds. The first-order valence-corrected chi connectivity index (χ1v) is 6.39. The summed E-state index contributed by atoms with van der Waals surface area (Å²) in [5, 5.41) is 19.4. The van der Waals surface area contributed by atoms with Gasteiger partial charge >= 0.3 is 17.7 Å². The molecule has 108 valence electrons. The summed E-state index contributed by atoms with van der Waals surface area (Å²) in [5.41, 5.74) is 0.169. The molecule has 0 aliphatic rings. The van der Waals surface area contributed by atoms with Gasteiger partial charge in [0.2, 0.25) is 0 Å². The molecule has 0 saturated heterocycles. The largest absolute Gasteiger partial charge is 0.481 e. The van der Waals surface area contributed by atoms with E-state index in [-0.39, 0.29) is 23.9 Å². The van der Waals surface area contributed by atoms with Crippen LogP contribution >= 0.6 is 15.9 Å². The molecular formula is C12H8BrN3O5. The lowest BCUT2D eigenvalue weighted by Crippen LogP contribution is -2.03. The molecule has 1 aromatic carbocycles. The number of carboxylic acids is 1. The lowest BCUT2D eigenvalue weighted by atomic mass is 10.1. The van der Waals surface area contributed by atoms with Crippen LogP contribution in [0.4, 0.5) is 5.69 Å². The van der Waals surface area contributed by atoms with Gasteiger partial charge in [-0.1, -0.05) is 15.9 Å². The van der Waals surface area contributed by atoms with Gasteiger partial charge in [0.15, 0.2) is 0 Å². The third-order valence-corrected chi connectivity index (χ3v) is 2.88. The van der Waals surface area contributed by atoms with E-state index in [1.54, 1.807) is 18.2 Å². The van der Waals surface area contributed by atoms with E-state index in [0.29, 0.717) is 10.0 Å². The second-order valence-corrected chi connectivity index (χ2v) is 4.82. The van der Waals surface area contributed by atoms with E-state index in [9.17, 15) is 14.9 Å². The Labute approximate surface area is 126 Å². The Morgan fingerprint density at radius 2 is 2.05 bits per heavy atom. The summed E-state index contributed by atoms with van der Waals surface area (Å²) < 4.78 is 6.08. The van der Waals surface area contributed by atoms with Crippen molar-refractivity contribution in [2.24, 2.45) is 0 Å². The van der Waals surface area contributed by atoms with Gasteiger partial charge in [-0.3, -0.25) is 14.9 Å². The molecule has 1 aromatic heterocycles. The first-order chi connectivity index (χ1) is 9.95. The number of hydrogen-bond acceptors (Lipinski definition) is 6. The number of nitro groups is 1. The lowest BCUT2D eigenvalue weighted by molar-refractivity contribution is -0.385. The quantitative estimate of drug-likeness (QED) is 0.648. The number of nitrogens with zero attached hydrogens (tertiary/aromatic N) is 3. The summed E-state index contributed by atoms with van der Waals surface area (Å²) in [6, 6.07) is 4.74. The van der Waals surface area contributed by atoms with Crippen molar-refractivity contribution in [1.82, 2.24) is 9.97 Å². The number of hydrogen-bond donors (Lipinski definition) is 1. The number of carboxylic acid groups (broad SMARTS) is 1. The third-order valence-electron chi connectivity index (χ3n) is 2.39. The zero-order chi connectivity index (χ0) is 15.4. The number of ether oxygens (including phenoxy) is 1. The standard InChI is InChI=1S/C12H8BrN3O5/c13-8-1-2-10(7(3-8)4-11(17)18)21-12-14-5-9(6-15-12)16(19)20/h1-3,5-6H,4H2,(H,17,18). The number of aromatic nitrogens is 2. The van der Waals surface area contributed by atoms with Gasteiger partial charge in [0.05, 0.1) is 11.3 Å². The normalized spacial score (nSPS) is 10.1. The zero-order valence-corrected chi connectivity index (χ0v) is 12.0. The summed E-state index contributed by atoms with van der Waals surface area (Å²) in [5.74, 6) is -0.739. The van der Waals surface area contributed by atoms with Crippen LogP contribution in [0.1, 0.15) is 5.56 Å². The molecule has 0 aliphatic heterocycles. The number of halogens is 1. The number of aliphatic carboxylic acids is 1. The summed E-state index contributed by atoms with van der Waals surface area (Å²) in [7, 11) is 0. The van der Waals surface area contributed by atoms with Crippen LogP contribution in [0.5, 0.6) is 11.8 Å². The third kappa shape index (κ3) is 3.96. The summed E-state index contributed by atoms with van der Waals surface area (Å²) in [4.78, 5) is 28.1. The highest BCUT2D eigenvalue weighted by molar-refractivity contribution is 9.10. The molecule has 0 saturated carbocycles. The van der Waals surface area contributed by atoms with Crippen molar-refractivity contribution in [2.45, 2.75) is 6.42 Å². The lowest BCUT2D eigenvalue weighted by Gasteiger charge is -2.08. The monoisotopic (exact) mass is 353 g/mol. The Morgan fingerprint density at radius 3 is 2.62 bits per heavy atom. The molecule has 1 N–H and O–H groups in total. The van der Waals surface area contributed by atoms with Gasteiger partial charge in [-0.05, 0) is 18.2 Å². The molecule has 8 nitrogen and oxygen atoms in total. The highest BCUT2D eigenvalue weighted by Gasteiger charge is 2.12. The van der Waals surface area contributed by atoms with Crippen LogP contribution in [0.3, 0.4) is 0 Å². The van der Waals surface area contributed by atoms with Gasteiger partial charge in [-0.2, -0.15) is 9.97 Å². The Kier molecular flexibility index (Phi) is 4.43. The van der Waals surface area contributed by atoms with E-state index in [4.69, 9.17) is 9.84 Å². The van der Waals surface area contributed by atoms with E-state index in [0.717, 1.165) is 12.4 Å². The minimum absolute atomic E-state index is 0.102. The van der Waals surface area contributed by atoms with Crippen LogP contribution in [-0.4, -0.2) is 26.0 Å². The van der Waals surface area contributed by atoms with Crippen LogP contribution in [-0.2, 0) is 11.2 Å². The van der Waals surface area contributed by atoms with Gasteiger partial charge in [-0.25, -0.2) is 0 Å². The molecule has 2 aromatic rings. The molecule has 2 rings (SSSR count). The molecule has 21 heavy (non-hydrogen) atoms. The molecular weight excluding hydrogens is 346 g/mol. The molecule has 0 unspecified atom stereocenters. The molecule has 0 fully saturated rings. The highest BCUT2D eigenvalue weighted by atomic mass is 79.9. The predicted molar refractivity (Wildman–Crippen MR) is 74.2 cm³/mol. The predicted octanol–water partition coefficient (Wildman–Crippen LogP) is 2.57. The fourth-order valence-corrected chi connectivity index (χ4v) is 1.91. The maximum absolute atomic E-state index is 10.8. The molecule has 1 heterocycles. The van der Waals surface area contributed by atoms with E-state index in [1.807, 2.05) is 0 Å². The van der Waals surface area contributed by atoms with Crippen molar-refractivity contribution in [2.75, 3.05) is 0 Å². The average Bonchev–Trinajstić information content (AvgIpc) is 2.42. The van der Waals surface area contributed by atoms with Gasteiger partial charge in [0.1, 0.15) is 18.1 Å². The van der Waals surface area contributed by atoms with Crippen LogP contribution in [0.15, 0.2) is 35.1 Å². The summed E-state index contributed by atoms with van der Waals surface area (Å²) in [6.07, 6.45) is 1.79. The van der Waals surface area contributed by atoms with E-state index < -0.39 is 10.9 Å². The van der Waals surface area contributed by atoms with E-state index >= 15 is 0 Å². The number of benzene rings is 1. The number of rotatable bonds is 5. The number of carbonyl (C=O) groups is 1. The zero-order valence-electron chi connectivity index (χ0n) is 10.4. The average molecular weight is 354 g/mol. The Bertz CT molecular complexity index is 690. The van der Waals surface area contributed by atoms with E-state index in [1.165, 1.54) is 0 Å². The minimum atomic E-state index is -1.01. The fourth-order valence-electron chi connectivity index (χ4n) is 1.50. The van der Waals surface area contributed by atoms with Gasteiger partial charge in [-0.15, -0.1) is 0 Å². The Balaban J connectivity index is 2.26. The van der Waals surface area contributed by atoms with Crippen molar-refractivity contribution in [3.8, 4) is 11.8 Å². The SMILES string of the molecule is O=C(O)Cc1cc(Br)ccc1Oc1ncc([N+](=O)[O-])cn1. The van der Waals surface area contributed by atoms with Crippen LogP contribution in [0.2, 0.25) is 0 Å². The highest BCUT2D eigenvalue weighted by Crippen LogP contribution is 2.27. The molecule has 0 spiro atoms. The Morgan fingerprint density at radius 1 is 1.38 bits per heavy atom. The van der Waals surface area contributed by atoms with Crippen molar-refractivity contribution in [1.29, 1.82) is 0 Å². The maximum Gasteiger partial charge on any atom is 0.322 e. The maximum atomic E-state index is 10.8. The molecule has 0 atom stereocenters. The topological polar surface area (TPSA) is 115 Å². The van der Waals surface area contributed by atoms with Gasteiger partial charge in [0.25, 0.3) is 0 Å². The first-order valence-electron chi connectivity index (χ1n) is 5.60. The van der Waals surface area contributed by atoms with Gasteiger partial charge in [0, 0.05) is 10.0 Å².